The van der Waals surface area contributed by atoms with Gasteiger partial charge in [0.15, 0.2) is 5.15 Å². The second-order valence-electron chi connectivity index (χ2n) is 4.43. The van der Waals surface area contributed by atoms with E-state index in [1.165, 1.54) is 6.07 Å². The first-order chi connectivity index (χ1) is 9.98. The summed E-state index contributed by atoms with van der Waals surface area (Å²) in [5.74, 6) is 0. The molecule has 0 amide bonds. The topological polar surface area (TPSA) is 25.8 Å². The molecule has 3 rings (SSSR count). The first kappa shape index (κ1) is 13.8. The van der Waals surface area contributed by atoms with Gasteiger partial charge in [-0.2, -0.15) is 13.2 Å². The molecule has 0 bridgehead atoms. The van der Waals surface area contributed by atoms with Crippen molar-refractivity contribution in [2.45, 2.75) is 6.18 Å². The highest BCUT2D eigenvalue weighted by Gasteiger charge is 2.34. The van der Waals surface area contributed by atoms with Gasteiger partial charge in [0.1, 0.15) is 5.69 Å². The Morgan fingerprint density at radius 2 is 1.57 bits per heavy atom. The molecule has 0 aliphatic carbocycles. The number of rotatable bonds is 1. The van der Waals surface area contributed by atoms with Crippen molar-refractivity contribution in [3.8, 4) is 11.3 Å². The van der Waals surface area contributed by atoms with Gasteiger partial charge in [0.05, 0.1) is 5.56 Å². The Morgan fingerprint density at radius 1 is 0.857 bits per heavy atom. The average molecular weight is 309 g/mol. The minimum atomic E-state index is -4.50. The van der Waals surface area contributed by atoms with Gasteiger partial charge in [0.2, 0.25) is 0 Å². The second kappa shape index (κ2) is 5.00. The van der Waals surface area contributed by atoms with E-state index in [1.54, 1.807) is 30.3 Å². The van der Waals surface area contributed by atoms with Crippen LogP contribution in [0.5, 0.6) is 0 Å². The van der Waals surface area contributed by atoms with E-state index in [4.69, 9.17) is 11.6 Å². The third kappa shape index (κ3) is 2.45. The normalized spacial score (nSPS) is 11.8. The lowest BCUT2D eigenvalue weighted by molar-refractivity contribution is -0.136. The molecule has 2 aromatic carbocycles. The summed E-state index contributed by atoms with van der Waals surface area (Å²) in [4.78, 5) is 0. The van der Waals surface area contributed by atoms with Crippen LogP contribution in [0.4, 0.5) is 13.2 Å². The Labute approximate surface area is 123 Å². The van der Waals surface area contributed by atoms with E-state index in [0.29, 0.717) is 16.6 Å². The Bertz CT molecular complexity index is 801. The average Bonchev–Trinajstić information content (AvgIpc) is 2.47. The SMILES string of the molecule is FC(F)(F)c1cccc2c(-c3ccccc3)nnc(Cl)c12. The maximum atomic E-state index is 13.1. The van der Waals surface area contributed by atoms with Crippen LogP contribution in [0.25, 0.3) is 22.0 Å². The zero-order valence-electron chi connectivity index (χ0n) is 10.5. The standard InChI is InChI=1S/C15H8ClF3N2/c16-14-12-10(7-4-8-11(12)15(17,18)19)13(20-21-14)9-5-2-1-3-6-9/h1-8H. The van der Waals surface area contributed by atoms with Gasteiger partial charge in [0, 0.05) is 16.3 Å². The fourth-order valence-electron chi connectivity index (χ4n) is 2.22. The molecule has 0 saturated heterocycles. The molecular formula is C15H8ClF3N2. The Hall–Kier alpha value is -2.14. The molecule has 0 fully saturated rings. The number of benzene rings is 2. The van der Waals surface area contributed by atoms with Crippen LogP contribution in [0.3, 0.4) is 0 Å². The first-order valence-electron chi connectivity index (χ1n) is 6.06. The molecule has 0 atom stereocenters. The van der Waals surface area contributed by atoms with Crippen molar-refractivity contribution in [2.75, 3.05) is 0 Å². The number of alkyl halides is 3. The Balaban J connectivity index is 2.39. The Kier molecular flexibility index (Phi) is 3.29. The molecule has 0 aliphatic rings. The molecule has 1 heterocycles. The van der Waals surface area contributed by atoms with Crippen LogP contribution < -0.4 is 0 Å². The molecule has 0 N–H and O–H groups in total. The molecule has 3 aromatic rings. The highest BCUT2D eigenvalue weighted by Crippen LogP contribution is 2.39. The molecule has 106 valence electrons. The van der Waals surface area contributed by atoms with E-state index in [1.807, 2.05) is 6.07 Å². The maximum absolute atomic E-state index is 13.1. The number of hydrogen-bond acceptors (Lipinski definition) is 2. The van der Waals surface area contributed by atoms with Crippen molar-refractivity contribution < 1.29 is 13.2 Å². The van der Waals surface area contributed by atoms with Crippen LogP contribution in [0.1, 0.15) is 5.56 Å². The number of halogens is 4. The minimum absolute atomic E-state index is 0.125. The number of hydrogen-bond donors (Lipinski definition) is 0. The van der Waals surface area contributed by atoms with E-state index in [9.17, 15) is 13.2 Å². The predicted molar refractivity (Wildman–Crippen MR) is 75.0 cm³/mol. The van der Waals surface area contributed by atoms with E-state index in [2.05, 4.69) is 10.2 Å². The van der Waals surface area contributed by atoms with Gasteiger partial charge in [-0.05, 0) is 6.07 Å². The summed E-state index contributed by atoms with van der Waals surface area (Å²) in [6.07, 6.45) is -4.50. The molecule has 1 aromatic heterocycles. The van der Waals surface area contributed by atoms with Crippen LogP contribution in [-0.4, -0.2) is 10.2 Å². The van der Waals surface area contributed by atoms with Gasteiger partial charge in [-0.15, -0.1) is 10.2 Å². The van der Waals surface area contributed by atoms with Crippen LogP contribution in [0.15, 0.2) is 48.5 Å². The minimum Gasteiger partial charge on any atom is -0.166 e. The van der Waals surface area contributed by atoms with Crippen LogP contribution in [0, 0.1) is 0 Å². The van der Waals surface area contributed by atoms with Crippen molar-refractivity contribution in [3.63, 3.8) is 0 Å². The van der Waals surface area contributed by atoms with Crippen molar-refractivity contribution in [1.82, 2.24) is 10.2 Å². The summed E-state index contributed by atoms with van der Waals surface area (Å²) < 4.78 is 39.4. The van der Waals surface area contributed by atoms with Gasteiger partial charge >= 0.3 is 6.18 Å². The highest BCUT2D eigenvalue weighted by molar-refractivity contribution is 6.34. The Morgan fingerprint density at radius 3 is 2.24 bits per heavy atom. The molecule has 0 unspecified atom stereocenters. The van der Waals surface area contributed by atoms with Crippen molar-refractivity contribution in [3.05, 3.63) is 59.2 Å². The summed E-state index contributed by atoms with van der Waals surface area (Å²) in [6.45, 7) is 0. The van der Waals surface area contributed by atoms with Gasteiger partial charge in [-0.3, -0.25) is 0 Å². The smallest absolute Gasteiger partial charge is 0.166 e. The molecular weight excluding hydrogens is 301 g/mol. The van der Waals surface area contributed by atoms with E-state index >= 15 is 0 Å². The summed E-state index contributed by atoms with van der Waals surface area (Å²) >= 11 is 5.85. The van der Waals surface area contributed by atoms with Gasteiger partial charge in [-0.1, -0.05) is 54.1 Å². The molecule has 21 heavy (non-hydrogen) atoms. The molecule has 0 spiro atoms. The first-order valence-corrected chi connectivity index (χ1v) is 6.44. The third-order valence-electron chi connectivity index (χ3n) is 3.12. The van der Waals surface area contributed by atoms with Crippen molar-refractivity contribution >= 4 is 22.4 Å². The fourth-order valence-corrected chi connectivity index (χ4v) is 2.46. The van der Waals surface area contributed by atoms with Gasteiger partial charge in [-0.25, -0.2) is 0 Å². The number of nitrogens with zero attached hydrogens (tertiary/aromatic N) is 2. The second-order valence-corrected chi connectivity index (χ2v) is 4.79. The summed E-state index contributed by atoms with van der Waals surface area (Å²) in [5, 5.41) is 7.58. The van der Waals surface area contributed by atoms with Crippen LogP contribution in [0.2, 0.25) is 5.15 Å². The van der Waals surface area contributed by atoms with Crippen LogP contribution >= 0.6 is 11.6 Å². The zero-order valence-corrected chi connectivity index (χ0v) is 11.3. The van der Waals surface area contributed by atoms with Gasteiger partial charge < -0.3 is 0 Å². The van der Waals surface area contributed by atoms with E-state index in [0.717, 1.165) is 6.07 Å². The summed E-state index contributed by atoms with van der Waals surface area (Å²) in [7, 11) is 0. The van der Waals surface area contributed by atoms with Gasteiger partial charge in [0.25, 0.3) is 0 Å². The van der Waals surface area contributed by atoms with Crippen molar-refractivity contribution in [1.29, 1.82) is 0 Å². The zero-order chi connectivity index (χ0) is 15.0. The summed E-state index contributed by atoms with van der Waals surface area (Å²) in [6, 6.07) is 12.8. The molecule has 0 saturated carbocycles. The van der Waals surface area contributed by atoms with Crippen molar-refractivity contribution in [2.24, 2.45) is 0 Å². The highest BCUT2D eigenvalue weighted by atomic mass is 35.5. The monoisotopic (exact) mass is 308 g/mol. The molecule has 0 radical (unpaired) electrons. The lowest BCUT2D eigenvalue weighted by atomic mass is 10.0. The van der Waals surface area contributed by atoms with E-state index < -0.39 is 11.7 Å². The fraction of sp³-hybridized carbons (Fsp3) is 0.0667. The third-order valence-corrected chi connectivity index (χ3v) is 3.38. The largest absolute Gasteiger partial charge is 0.417 e. The lowest BCUT2D eigenvalue weighted by Gasteiger charge is -2.12. The number of fused-ring (bicyclic) bond motifs is 1. The van der Waals surface area contributed by atoms with Crippen LogP contribution in [-0.2, 0) is 6.18 Å². The quantitative estimate of drug-likeness (QED) is 0.634. The number of aromatic nitrogens is 2. The molecule has 0 aliphatic heterocycles. The van der Waals surface area contributed by atoms with E-state index in [-0.39, 0.29) is 10.5 Å². The predicted octanol–water partition coefficient (Wildman–Crippen LogP) is 4.97. The summed E-state index contributed by atoms with van der Waals surface area (Å²) in [5.41, 5.74) is 0.254. The maximum Gasteiger partial charge on any atom is 0.417 e. The molecule has 6 heteroatoms. The lowest BCUT2D eigenvalue weighted by Crippen LogP contribution is -2.07. The molecule has 2 nitrogen and oxygen atoms in total.